The van der Waals surface area contributed by atoms with Crippen LogP contribution in [0.1, 0.15) is 80.2 Å². The zero-order chi connectivity index (χ0) is 39.7. The van der Waals surface area contributed by atoms with E-state index in [9.17, 15) is 24.6 Å². The molecule has 4 N–H and O–H groups in total. The number of fused-ring (bicyclic) bond motifs is 3. The summed E-state index contributed by atoms with van der Waals surface area (Å²) in [4.78, 5) is 46.5. The van der Waals surface area contributed by atoms with Crippen molar-refractivity contribution in [1.82, 2.24) is 15.2 Å². The van der Waals surface area contributed by atoms with E-state index in [1.54, 1.807) is 13.8 Å². The zero-order valence-corrected chi connectivity index (χ0v) is 33.4. The number of aromatic nitrogens is 1. The Labute approximate surface area is 319 Å². The van der Waals surface area contributed by atoms with Gasteiger partial charge in [-0.05, 0) is 78.6 Å². The van der Waals surface area contributed by atoms with Gasteiger partial charge in [0.25, 0.3) is 0 Å². The second kappa shape index (κ2) is 16.8. The summed E-state index contributed by atoms with van der Waals surface area (Å²) in [6.45, 7) is 14.2. The molecule has 1 aromatic carbocycles. The van der Waals surface area contributed by atoms with Crippen LogP contribution in [-0.2, 0) is 33.3 Å². The van der Waals surface area contributed by atoms with Crippen LogP contribution in [0.25, 0.3) is 17.0 Å². The van der Waals surface area contributed by atoms with Crippen LogP contribution < -0.4 is 5.32 Å². The quantitative estimate of drug-likeness (QED) is 0.215. The minimum absolute atomic E-state index is 0.122. The number of ketones is 1. The Bertz CT molecular complexity index is 1660. The molecule has 0 radical (unpaired) electrons. The van der Waals surface area contributed by atoms with Crippen LogP contribution in [0.2, 0.25) is 0 Å². The van der Waals surface area contributed by atoms with Crippen LogP contribution in [0, 0.1) is 23.7 Å². The third-order valence-corrected chi connectivity index (χ3v) is 12.0. The van der Waals surface area contributed by atoms with E-state index in [-0.39, 0.29) is 37.5 Å². The van der Waals surface area contributed by atoms with Crippen molar-refractivity contribution >= 4 is 34.8 Å². The number of likely N-dealkylation sites (N-methyl/N-ethyl adjacent to an activating group) is 1. The molecule has 14 atom stereocenters. The van der Waals surface area contributed by atoms with Gasteiger partial charge in [0.15, 0.2) is 12.1 Å². The van der Waals surface area contributed by atoms with Crippen molar-refractivity contribution in [1.29, 1.82) is 0 Å². The number of rotatable bonds is 8. The smallest absolute Gasteiger partial charge is 0.407 e. The van der Waals surface area contributed by atoms with E-state index in [0.29, 0.717) is 6.42 Å². The number of aliphatic hydroxyl groups excluding tert-OH is 1. The number of hydrogen-bond acceptors (Lipinski definition) is 11. The molecule has 1 aromatic heterocycles. The van der Waals surface area contributed by atoms with Gasteiger partial charge in [-0.15, -0.1) is 0 Å². The molecule has 300 valence electrons. The van der Waals surface area contributed by atoms with Crippen LogP contribution in [-0.4, -0.2) is 119 Å². The first-order chi connectivity index (χ1) is 25.4. The number of benzene rings is 1. The normalized spacial score (nSPS) is 40.0. The van der Waals surface area contributed by atoms with Crippen LogP contribution in [0.5, 0.6) is 0 Å². The highest BCUT2D eigenvalue weighted by atomic mass is 16.7. The highest BCUT2D eigenvalue weighted by Gasteiger charge is 2.55. The molecule has 2 aromatic rings. The Balaban J connectivity index is 1.58. The number of aliphatic hydroxyl groups is 2. The fraction of sp³-hybridized carbons (Fsp3) is 0.683. The number of hydrogen-bond donors (Lipinski definition) is 4. The maximum Gasteiger partial charge on any atom is 0.407 e. The maximum atomic E-state index is 14.4. The summed E-state index contributed by atoms with van der Waals surface area (Å²) in [5.41, 5.74) is -1.03. The van der Waals surface area contributed by atoms with E-state index >= 15 is 0 Å². The van der Waals surface area contributed by atoms with Crippen molar-refractivity contribution in [2.24, 2.45) is 23.7 Å². The van der Waals surface area contributed by atoms with E-state index in [1.807, 2.05) is 89.3 Å². The number of cyclic esters (lactones) is 1. The molecule has 0 saturated carbocycles. The summed E-state index contributed by atoms with van der Waals surface area (Å²) in [5, 5.41) is 27.5. The Kier molecular flexibility index (Phi) is 13.0. The number of ether oxygens (including phenoxy) is 5. The number of alkyl carbamates (subject to hydrolysis) is 1. The van der Waals surface area contributed by atoms with Crippen LogP contribution >= 0.6 is 0 Å². The third kappa shape index (κ3) is 8.56. The molecule has 0 aliphatic carbocycles. The molecule has 2 bridgehead atoms. The third-order valence-electron chi connectivity index (χ3n) is 12.0. The summed E-state index contributed by atoms with van der Waals surface area (Å²) in [7, 11) is 3.77. The molecular weight excluding hydrogens is 694 g/mol. The molecule has 4 heterocycles. The second-order valence-corrected chi connectivity index (χ2v) is 16.5. The lowest BCUT2D eigenvalue weighted by Gasteiger charge is -2.50. The molecule has 0 spiro atoms. The van der Waals surface area contributed by atoms with E-state index in [4.69, 9.17) is 23.7 Å². The van der Waals surface area contributed by atoms with Gasteiger partial charge in [0.05, 0.1) is 24.4 Å². The zero-order valence-electron chi connectivity index (χ0n) is 33.4. The van der Waals surface area contributed by atoms with Crippen molar-refractivity contribution in [3.63, 3.8) is 0 Å². The summed E-state index contributed by atoms with van der Waals surface area (Å²) in [5.74, 6) is -4.20. The largest absolute Gasteiger partial charge is 0.459 e. The van der Waals surface area contributed by atoms with Gasteiger partial charge < -0.3 is 49.1 Å². The van der Waals surface area contributed by atoms with Crippen LogP contribution in [0.3, 0.4) is 0 Å². The van der Waals surface area contributed by atoms with Gasteiger partial charge in [-0.1, -0.05) is 58.0 Å². The monoisotopic (exact) mass is 755 g/mol. The average molecular weight is 756 g/mol. The SMILES string of the molecule is CC[C@@H]1OC(=O)[C@H](C)C(=O)[C@H](C)[C@@H](O[C@@H]2O[C@H](C)C[C@H](N(C)C)[C@H]2O)[C@@](C)(OC/C=C/c2c[nH]c3ccccc23)C[C@@H](C)C2NC(=O)O[C@H]([C@@H]2C)[C@]1(C)O. The summed E-state index contributed by atoms with van der Waals surface area (Å²) >= 11 is 0. The van der Waals surface area contributed by atoms with E-state index < -0.39 is 83.5 Å². The fourth-order valence-corrected chi connectivity index (χ4v) is 8.98. The van der Waals surface area contributed by atoms with Crippen molar-refractivity contribution in [3.05, 3.63) is 42.1 Å². The van der Waals surface area contributed by atoms with E-state index in [0.717, 1.165) is 16.5 Å². The standard InChI is InChI=1S/C41H61N3O10/c1-11-31-41(8,49)36-24(4)32(43-39(48)54-36)22(2)20-40(7,50-18-14-15-27-21-42-29-17-13-12-16-28(27)29)35(25(5)33(45)26(6)37(47)52-31)53-38-34(46)30(44(9)10)19-23(3)51-38/h12-17,21-26,30-32,34-36,38,42,46,49H,11,18-20H2,1-10H3,(H,43,48)/b15-14+/t22-,23-,24-,25+,26-,30+,31+,32?,34-,35-,36-,38+,40+,41-/m1/s1. The average Bonchev–Trinajstić information content (AvgIpc) is 3.54. The number of nitrogens with one attached hydrogen (secondary N) is 2. The van der Waals surface area contributed by atoms with Gasteiger partial charge in [-0.25, -0.2) is 4.79 Å². The van der Waals surface area contributed by atoms with E-state index in [1.165, 1.54) is 13.8 Å². The first-order valence-corrected chi connectivity index (χ1v) is 19.3. The highest BCUT2D eigenvalue weighted by molar-refractivity contribution is 6.00. The number of esters is 1. The number of amides is 1. The van der Waals surface area contributed by atoms with Gasteiger partial charge in [0.2, 0.25) is 0 Å². The molecule has 13 heteroatoms. The van der Waals surface area contributed by atoms with Crippen molar-refractivity contribution in [2.75, 3.05) is 20.7 Å². The van der Waals surface area contributed by atoms with E-state index in [2.05, 4.69) is 10.3 Å². The highest BCUT2D eigenvalue weighted by Crippen LogP contribution is 2.41. The van der Waals surface area contributed by atoms with Crippen molar-refractivity contribution in [2.45, 2.75) is 135 Å². The first-order valence-electron chi connectivity index (χ1n) is 19.3. The summed E-state index contributed by atoms with van der Waals surface area (Å²) in [6, 6.07) is 7.19. The number of carbonyl (C=O) groups excluding carboxylic acids is 3. The van der Waals surface area contributed by atoms with Gasteiger partial charge >= 0.3 is 12.1 Å². The maximum absolute atomic E-state index is 14.4. The Morgan fingerprint density at radius 3 is 2.44 bits per heavy atom. The van der Waals surface area contributed by atoms with Crippen molar-refractivity contribution in [3.8, 4) is 0 Å². The molecule has 3 aliphatic heterocycles. The Morgan fingerprint density at radius 1 is 1.06 bits per heavy atom. The molecular formula is C41H61N3O10. The number of carbonyl (C=O) groups is 3. The topological polar surface area (TPSA) is 169 Å². The minimum atomic E-state index is -1.76. The summed E-state index contributed by atoms with van der Waals surface area (Å²) in [6.07, 6.45) is 0.591. The predicted octanol–water partition coefficient (Wildman–Crippen LogP) is 4.83. The second-order valence-electron chi connectivity index (χ2n) is 16.5. The van der Waals surface area contributed by atoms with Crippen molar-refractivity contribution < 1.29 is 48.3 Å². The number of Topliss-reactive ketones (excluding diaryl/α,β-unsaturated/α-hetero) is 1. The lowest BCUT2D eigenvalue weighted by molar-refractivity contribution is -0.297. The molecule has 13 nitrogen and oxygen atoms in total. The lowest BCUT2D eigenvalue weighted by atomic mass is 9.72. The molecule has 54 heavy (non-hydrogen) atoms. The van der Waals surface area contributed by atoms with Gasteiger partial charge in [-0.2, -0.15) is 0 Å². The number of para-hydroxylation sites is 1. The first kappa shape index (κ1) is 41.8. The molecule has 3 saturated heterocycles. The van der Waals surface area contributed by atoms with Crippen LogP contribution in [0.4, 0.5) is 4.79 Å². The molecule has 1 unspecified atom stereocenters. The summed E-state index contributed by atoms with van der Waals surface area (Å²) < 4.78 is 31.4. The molecule has 3 fully saturated rings. The number of H-pyrrole nitrogens is 1. The van der Waals surface area contributed by atoms with Gasteiger partial charge in [0, 0.05) is 41.0 Å². The Hall–Kier alpha value is -3.33. The fourth-order valence-electron chi connectivity index (χ4n) is 8.98. The molecule has 1 amide bonds. The Morgan fingerprint density at radius 2 is 1.76 bits per heavy atom. The molecule has 3 aliphatic rings. The predicted molar refractivity (Wildman–Crippen MR) is 203 cm³/mol. The lowest BCUT2D eigenvalue weighted by Crippen LogP contribution is -2.65. The molecule has 5 rings (SSSR count). The number of nitrogens with zero attached hydrogens (tertiary/aromatic N) is 1. The van der Waals surface area contributed by atoms with Crippen LogP contribution in [0.15, 0.2) is 36.5 Å². The van der Waals surface area contributed by atoms with Gasteiger partial charge in [-0.3, -0.25) is 9.59 Å². The minimum Gasteiger partial charge on any atom is -0.459 e. The van der Waals surface area contributed by atoms with Gasteiger partial charge in [0.1, 0.15) is 29.8 Å². The number of aromatic amines is 1.